The van der Waals surface area contributed by atoms with Crippen molar-refractivity contribution in [2.45, 2.75) is 39.2 Å². The fraction of sp³-hybridized carbons (Fsp3) is 0.375. The lowest BCUT2D eigenvalue weighted by Gasteiger charge is -2.30. The molecule has 3 aromatic rings. The zero-order valence-electron chi connectivity index (χ0n) is 17.5. The third-order valence-electron chi connectivity index (χ3n) is 5.66. The summed E-state index contributed by atoms with van der Waals surface area (Å²) in [5, 5.41) is 7.24. The van der Waals surface area contributed by atoms with E-state index in [1.807, 2.05) is 48.5 Å². The van der Waals surface area contributed by atoms with Crippen molar-refractivity contribution in [3.63, 3.8) is 0 Å². The molecule has 1 N–H and O–H groups in total. The number of amides is 1. The van der Waals surface area contributed by atoms with Gasteiger partial charge in [-0.05, 0) is 43.5 Å². The van der Waals surface area contributed by atoms with Crippen LogP contribution in [0, 0.1) is 5.92 Å². The van der Waals surface area contributed by atoms with Gasteiger partial charge in [0, 0.05) is 17.2 Å². The van der Waals surface area contributed by atoms with Crippen LogP contribution in [0.3, 0.4) is 0 Å². The predicted octanol–water partition coefficient (Wildman–Crippen LogP) is 4.71. The average molecular weight is 405 g/mol. The second kappa shape index (κ2) is 9.22. The highest BCUT2D eigenvalue weighted by atomic mass is 16.5. The van der Waals surface area contributed by atoms with Crippen molar-refractivity contribution in [1.29, 1.82) is 0 Å². The molecule has 0 unspecified atom stereocenters. The maximum absolute atomic E-state index is 12.8. The minimum atomic E-state index is 0.0315. The van der Waals surface area contributed by atoms with Crippen LogP contribution < -0.4 is 5.32 Å². The standard InChI is InChI=1S/C24H28N4O2/c1-17(2)20-10-6-7-11-21(20)25-24(29)19-12-14-28(15-13-19)16-22-26-23(27-30-22)18-8-4-3-5-9-18/h3-11,17,19H,12-16H2,1-2H3,(H,25,29). The summed E-state index contributed by atoms with van der Waals surface area (Å²) in [4.78, 5) is 19.6. The number of anilines is 1. The predicted molar refractivity (Wildman–Crippen MR) is 117 cm³/mol. The lowest BCUT2D eigenvalue weighted by Crippen LogP contribution is -2.38. The Morgan fingerprint density at radius 2 is 1.80 bits per heavy atom. The van der Waals surface area contributed by atoms with Gasteiger partial charge < -0.3 is 9.84 Å². The molecule has 1 aliphatic heterocycles. The normalized spacial score (nSPS) is 15.4. The number of aromatic nitrogens is 2. The van der Waals surface area contributed by atoms with Crippen LogP contribution >= 0.6 is 0 Å². The number of piperidine rings is 1. The van der Waals surface area contributed by atoms with Crippen molar-refractivity contribution in [3.8, 4) is 11.4 Å². The Morgan fingerprint density at radius 1 is 1.10 bits per heavy atom. The first kappa shape index (κ1) is 20.3. The van der Waals surface area contributed by atoms with Gasteiger partial charge in [0.2, 0.25) is 17.6 Å². The molecule has 0 aliphatic carbocycles. The molecule has 1 aliphatic rings. The largest absolute Gasteiger partial charge is 0.338 e. The van der Waals surface area contributed by atoms with Gasteiger partial charge in [0.05, 0.1) is 6.54 Å². The van der Waals surface area contributed by atoms with Crippen LogP contribution in [0.2, 0.25) is 0 Å². The van der Waals surface area contributed by atoms with Crippen molar-refractivity contribution in [1.82, 2.24) is 15.0 Å². The third kappa shape index (κ3) is 4.76. The molecule has 6 nitrogen and oxygen atoms in total. The van der Waals surface area contributed by atoms with E-state index in [1.54, 1.807) is 0 Å². The fourth-order valence-corrected chi connectivity index (χ4v) is 3.92. The molecule has 2 heterocycles. The molecule has 1 fully saturated rings. The third-order valence-corrected chi connectivity index (χ3v) is 5.66. The molecule has 2 aromatic carbocycles. The van der Waals surface area contributed by atoms with Gasteiger partial charge in [0.15, 0.2) is 0 Å². The van der Waals surface area contributed by atoms with Gasteiger partial charge in [-0.25, -0.2) is 0 Å². The van der Waals surface area contributed by atoms with Gasteiger partial charge in [-0.1, -0.05) is 67.5 Å². The van der Waals surface area contributed by atoms with E-state index in [0.29, 0.717) is 24.2 Å². The van der Waals surface area contributed by atoms with Gasteiger partial charge in [0.25, 0.3) is 0 Å². The smallest absolute Gasteiger partial charge is 0.241 e. The summed E-state index contributed by atoms with van der Waals surface area (Å²) in [6.45, 7) is 6.58. The number of carbonyl (C=O) groups is 1. The molecule has 0 spiro atoms. The summed E-state index contributed by atoms with van der Waals surface area (Å²) in [5.74, 6) is 1.75. The van der Waals surface area contributed by atoms with Crippen LogP contribution in [0.15, 0.2) is 59.1 Å². The molecule has 1 amide bonds. The molecule has 0 radical (unpaired) electrons. The topological polar surface area (TPSA) is 71.3 Å². The molecule has 0 atom stereocenters. The maximum atomic E-state index is 12.8. The van der Waals surface area contributed by atoms with Gasteiger partial charge in [-0.3, -0.25) is 9.69 Å². The Kier molecular flexibility index (Phi) is 6.23. The summed E-state index contributed by atoms with van der Waals surface area (Å²) in [6, 6.07) is 17.9. The van der Waals surface area contributed by atoms with Crippen molar-refractivity contribution in [2.24, 2.45) is 5.92 Å². The van der Waals surface area contributed by atoms with Crippen molar-refractivity contribution in [2.75, 3.05) is 18.4 Å². The van der Waals surface area contributed by atoms with Crippen LogP contribution in [0.1, 0.15) is 44.1 Å². The average Bonchev–Trinajstić information content (AvgIpc) is 3.23. The maximum Gasteiger partial charge on any atom is 0.241 e. The van der Waals surface area contributed by atoms with Gasteiger partial charge in [-0.15, -0.1) is 0 Å². The number of hydrogen-bond donors (Lipinski definition) is 1. The zero-order valence-corrected chi connectivity index (χ0v) is 17.5. The number of rotatable bonds is 6. The summed E-state index contributed by atoms with van der Waals surface area (Å²) in [6.07, 6.45) is 1.66. The highest BCUT2D eigenvalue weighted by Crippen LogP contribution is 2.26. The summed E-state index contributed by atoms with van der Waals surface area (Å²) in [5.41, 5.74) is 3.05. The second-order valence-electron chi connectivity index (χ2n) is 8.16. The van der Waals surface area contributed by atoms with E-state index in [1.165, 1.54) is 5.56 Å². The molecule has 0 bridgehead atoms. The van der Waals surface area contributed by atoms with E-state index < -0.39 is 0 Å². The van der Waals surface area contributed by atoms with E-state index in [-0.39, 0.29) is 11.8 Å². The summed E-state index contributed by atoms with van der Waals surface area (Å²) < 4.78 is 5.43. The number of para-hydroxylation sites is 1. The highest BCUT2D eigenvalue weighted by molar-refractivity contribution is 5.93. The number of carbonyl (C=O) groups excluding carboxylic acids is 1. The Balaban J connectivity index is 1.30. The molecule has 6 heteroatoms. The molecule has 1 aromatic heterocycles. The Bertz CT molecular complexity index is 976. The molecule has 4 rings (SSSR count). The van der Waals surface area contributed by atoms with Crippen molar-refractivity contribution < 1.29 is 9.32 Å². The highest BCUT2D eigenvalue weighted by Gasteiger charge is 2.26. The number of benzene rings is 2. The van der Waals surface area contributed by atoms with Crippen molar-refractivity contribution >= 4 is 11.6 Å². The summed E-state index contributed by atoms with van der Waals surface area (Å²) >= 11 is 0. The Morgan fingerprint density at radius 3 is 2.53 bits per heavy atom. The van der Waals surface area contributed by atoms with Gasteiger partial charge in [0.1, 0.15) is 0 Å². The number of hydrogen-bond acceptors (Lipinski definition) is 5. The lowest BCUT2D eigenvalue weighted by molar-refractivity contribution is -0.121. The van der Waals surface area contributed by atoms with E-state index in [9.17, 15) is 4.79 Å². The van der Waals surface area contributed by atoms with Gasteiger partial charge in [-0.2, -0.15) is 4.98 Å². The quantitative estimate of drug-likeness (QED) is 0.644. The number of nitrogens with one attached hydrogen (secondary N) is 1. The lowest BCUT2D eigenvalue weighted by atomic mass is 9.95. The van der Waals surface area contributed by atoms with Crippen LogP contribution in [0.25, 0.3) is 11.4 Å². The summed E-state index contributed by atoms with van der Waals surface area (Å²) in [7, 11) is 0. The number of nitrogens with zero attached hydrogens (tertiary/aromatic N) is 3. The minimum Gasteiger partial charge on any atom is -0.338 e. The molecular formula is C24H28N4O2. The Hall–Kier alpha value is -2.99. The van der Waals surface area contributed by atoms with Crippen LogP contribution in [0.4, 0.5) is 5.69 Å². The van der Waals surface area contributed by atoms with E-state index in [4.69, 9.17) is 4.52 Å². The van der Waals surface area contributed by atoms with Crippen LogP contribution in [-0.2, 0) is 11.3 Å². The SMILES string of the molecule is CC(C)c1ccccc1NC(=O)C1CCN(Cc2nc(-c3ccccc3)no2)CC1. The first-order valence-electron chi connectivity index (χ1n) is 10.6. The second-order valence-corrected chi connectivity index (χ2v) is 8.16. The Labute approximate surface area is 177 Å². The molecule has 0 saturated carbocycles. The molecule has 1 saturated heterocycles. The first-order valence-corrected chi connectivity index (χ1v) is 10.6. The first-order chi connectivity index (χ1) is 14.6. The van der Waals surface area contributed by atoms with Crippen LogP contribution in [-0.4, -0.2) is 34.0 Å². The number of likely N-dealkylation sites (tertiary alicyclic amines) is 1. The van der Waals surface area contributed by atoms with Crippen molar-refractivity contribution in [3.05, 3.63) is 66.1 Å². The van der Waals surface area contributed by atoms with E-state index in [0.717, 1.165) is 37.2 Å². The molecule has 30 heavy (non-hydrogen) atoms. The van der Waals surface area contributed by atoms with Gasteiger partial charge >= 0.3 is 0 Å². The van der Waals surface area contributed by atoms with Crippen LogP contribution in [0.5, 0.6) is 0 Å². The fourth-order valence-electron chi connectivity index (χ4n) is 3.92. The monoisotopic (exact) mass is 404 g/mol. The molecule has 156 valence electrons. The van der Waals surface area contributed by atoms with E-state index >= 15 is 0 Å². The zero-order chi connectivity index (χ0) is 20.9. The molecular weight excluding hydrogens is 376 g/mol. The van der Waals surface area contributed by atoms with E-state index in [2.05, 4.69) is 40.3 Å². The minimum absolute atomic E-state index is 0.0315.